The summed E-state index contributed by atoms with van der Waals surface area (Å²) in [5.41, 5.74) is 7.01. The van der Waals surface area contributed by atoms with E-state index >= 15 is 0 Å². The number of hydrogen-bond donors (Lipinski definition) is 4. The Morgan fingerprint density at radius 2 is 1.84 bits per heavy atom. The van der Waals surface area contributed by atoms with Crippen LogP contribution in [0.15, 0.2) is 67.5 Å². The molecule has 0 aliphatic carbocycles. The second-order valence-electron chi connectivity index (χ2n) is 9.33. The Labute approximate surface area is 212 Å². The Bertz CT molecular complexity index is 1690. The van der Waals surface area contributed by atoms with Gasteiger partial charge in [-0.2, -0.15) is 5.10 Å². The summed E-state index contributed by atoms with van der Waals surface area (Å²) < 4.78 is 0. The van der Waals surface area contributed by atoms with E-state index in [-0.39, 0.29) is 0 Å². The molecule has 37 heavy (non-hydrogen) atoms. The molecule has 0 aromatic carbocycles. The molecule has 1 atom stereocenters. The molecule has 0 saturated heterocycles. The normalized spacial score (nSPS) is 12.4. The molecule has 0 aliphatic heterocycles. The van der Waals surface area contributed by atoms with Gasteiger partial charge in [0.1, 0.15) is 17.4 Å². The van der Waals surface area contributed by atoms with Gasteiger partial charge in [-0.1, -0.05) is 19.9 Å². The maximum Gasteiger partial charge on any atom is 0.181 e. The lowest BCUT2D eigenvalue weighted by Gasteiger charge is -2.16. The van der Waals surface area contributed by atoms with E-state index in [2.05, 4.69) is 54.3 Å². The molecule has 0 amide bonds. The Morgan fingerprint density at radius 1 is 0.973 bits per heavy atom. The smallest absolute Gasteiger partial charge is 0.181 e. The van der Waals surface area contributed by atoms with Crippen LogP contribution in [0.3, 0.4) is 0 Å². The lowest BCUT2D eigenvalue weighted by atomic mass is 10.1. The number of nitrogens with zero attached hydrogens (tertiary/aromatic N) is 6. The minimum atomic E-state index is -0.642. The minimum absolute atomic E-state index is 0.374. The first-order valence-electron chi connectivity index (χ1n) is 12.0. The quantitative estimate of drug-likeness (QED) is 0.233. The van der Waals surface area contributed by atoms with Crippen LogP contribution in [-0.4, -0.2) is 51.4 Å². The second-order valence-corrected chi connectivity index (χ2v) is 9.33. The van der Waals surface area contributed by atoms with Crippen LogP contribution in [0.1, 0.15) is 20.3 Å². The van der Waals surface area contributed by atoms with Crippen molar-refractivity contribution in [3.05, 3.63) is 67.5 Å². The molecule has 0 bridgehead atoms. The number of aromatic nitrogens is 8. The molecule has 0 aliphatic rings. The van der Waals surface area contributed by atoms with Crippen molar-refractivity contribution in [2.75, 3.05) is 5.32 Å². The molecule has 184 valence electrons. The van der Waals surface area contributed by atoms with Gasteiger partial charge >= 0.3 is 0 Å². The highest BCUT2D eigenvalue weighted by atomic mass is 16.3. The molecular formula is C27H25N9O. The molecular weight excluding hydrogens is 466 g/mol. The molecule has 10 heteroatoms. The summed E-state index contributed by atoms with van der Waals surface area (Å²) in [6.07, 6.45) is 10.5. The van der Waals surface area contributed by atoms with Gasteiger partial charge in [0.05, 0.1) is 34.7 Å². The summed E-state index contributed by atoms with van der Waals surface area (Å²) in [6.45, 7) is 4.14. The highest BCUT2D eigenvalue weighted by Crippen LogP contribution is 2.31. The van der Waals surface area contributed by atoms with E-state index < -0.39 is 6.23 Å². The zero-order chi connectivity index (χ0) is 25.4. The van der Waals surface area contributed by atoms with Gasteiger partial charge in [0.25, 0.3) is 0 Å². The number of fused-ring (bicyclic) bond motifs is 2. The van der Waals surface area contributed by atoms with E-state index in [1.807, 2.05) is 30.3 Å². The molecule has 4 N–H and O–H groups in total. The Kier molecular flexibility index (Phi) is 5.78. The Balaban J connectivity index is 1.38. The lowest BCUT2D eigenvalue weighted by Crippen LogP contribution is -2.20. The molecule has 0 fully saturated rings. The Morgan fingerprint density at radius 3 is 2.68 bits per heavy atom. The summed E-state index contributed by atoms with van der Waals surface area (Å²) in [7, 11) is 0. The molecule has 6 rings (SSSR count). The van der Waals surface area contributed by atoms with Gasteiger partial charge in [0.15, 0.2) is 11.5 Å². The average molecular weight is 492 g/mol. The monoisotopic (exact) mass is 491 g/mol. The summed E-state index contributed by atoms with van der Waals surface area (Å²) in [4.78, 5) is 25.9. The number of hydrogen-bond acceptors (Lipinski definition) is 8. The molecule has 6 aromatic rings. The van der Waals surface area contributed by atoms with Crippen molar-refractivity contribution in [2.45, 2.75) is 26.5 Å². The van der Waals surface area contributed by atoms with Gasteiger partial charge in [0, 0.05) is 41.5 Å². The third-order valence-corrected chi connectivity index (χ3v) is 6.08. The fraction of sp³-hybridized carbons (Fsp3) is 0.185. The number of anilines is 1. The van der Waals surface area contributed by atoms with Crippen molar-refractivity contribution in [1.82, 2.24) is 40.1 Å². The highest BCUT2D eigenvalue weighted by Gasteiger charge is 2.17. The third kappa shape index (κ3) is 4.50. The maximum atomic E-state index is 10.3. The number of nitrogens with one attached hydrogen (secondary N) is 3. The SMILES string of the molecule is CC(C)CC(O)Nc1cncc(-c2cnc3n[nH]c(-c4nc5c(-c6ccccn6)cncc5[nH]4)c3c2)c1. The van der Waals surface area contributed by atoms with Gasteiger partial charge in [-0.25, -0.2) is 9.97 Å². The predicted molar refractivity (Wildman–Crippen MR) is 142 cm³/mol. The standard InChI is InChI=1S/C27H25N9O/c1-15(2)7-23(37)32-18-8-16(10-28-12-18)17-9-19-25(35-36-26(19)31-11-17)27-33-22-14-29-13-20(24(22)34-27)21-5-3-4-6-30-21/h3-6,8-15,23,32,37H,7H2,1-2H3,(H,33,34)(H,31,35,36). The van der Waals surface area contributed by atoms with Crippen molar-refractivity contribution < 1.29 is 5.11 Å². The number of aromatic amines is 2. The molecule has 0 saturated carbocycles. The van der Waals surface area contributed by atoms with E-state index in [0.717, 1.165) is 50.2 Å². The van der Waals surface area contributed by atoms with Crippen molar-refractivity contribution in [2.24, 2.45) is 5.92 Å². The van der Waals surface area contributed by atoms with Crippen molar-refractivity contribution in [3.63, 3.8) is 0 Å². The van der Waals surface area contributed by atoms with Gasteiger partial charge in [-0.15, -0.1) is 0 Å². The number of rotatable bonds is 7. The molecule has 1 unspecified atom stereocenters. The summed E-state index contributed by atoms with van der Waals surface area (Å²) in [5, 5.41) is 21.7. The Hall–Kier alpha value is -4.70. The molecule has 10 nitrogen and oxygen atoms in total. The molecule has 0 spiro atoms. The number of pyridine rings is 4. The van der Waals surface area contributed by atoms with E-state index in [4.69, 9.17) is 4.98 Å². The third-order valence-electron chi connectivity index (χ3n) is 6.08. The van der Waals surface area contributed by atoms with Gasteiger partial charge in [0.2, 0.25) is 0 Å². The van der Waals surface area contributed by atoms with E-state index in [0.29, 0.717) is 23.8 Å². The average Bonchev–Trinajstić information content (AvgIpc) is 3.52. The minimum Gasteiger partial charge on any atom is -0.374 e. The van der Waals surface area contributed by atoms with Crippen molar-refractivity contribution in [1.29, 1.82) is 0 Å². The largest absolute Gasteiger partial charge is 0.374 e. The van der Waals surface area contributed by atoms with E-state index in [1.165, 1.54) is 0 Å². The van der Waals surface area contributed by atoms with Gasteiger partial charge in [-0.05, 0) is 36.6 Å². The van der Waals surface area contributed by atoms with Crippen LogP contribution in [-0.2, 0) is 0 Å². The number of H-pyrrole nitrogens is 2. The summed E-state index contributed by atoms with van der Waals surface area (Å²) in [6, 6.07) is 9.71. The lowest BCUT2D eigenvalue weighted by molar-refractivity contribution is 0.176. The highest BCUT2D eigenvalue weighted by molar-refractivity contribution is 5.96. The second kappa shape index (κ2) is 9.40. The van der Waals surface area contributed by atoms with Crippen LogP contribution in [0, 0.1) is 5.92 Å². The van der Waals surface area contributed by atoms with Gasteiger partial charge in [-0.3, -0.25) is 20.1 Å². The predicted octanol–water partition coefficient (Wildman–Crippen LogP) is 4.80. The first kappa shape index (κ1) is 22.7. The van der Waals surface area contributed by atoms with Crippen LogP contribution in [0.2, 0.25) is 0 Å². The first-order valence-corrected chi connectivity index (χ1v) is 12.0. The van der Waals surface area contributed by atoms with Crippen LogP contribution >= 0.6 is 0 Å². The fourth-order valence-electron chi connectivity index (χ4n) is 4.37. The van der Waals surface area contributed by atoms with E-state index in [1.54, 1.807) is 37.2 Å². The first-order chi connectivity index (χ1) is 18.0. The van der Waals surface area contributed by atoms with Crippen LogP contribution in [0.25, 0.3) is 56.0 Å². The maximum absolute atomic E-state index is 10.3. The van der Waals surface area contributed by atoms with Crippen LogP contribution < -0.4 is 5.32 Å². The summed E-state index contributed by atoms with van der Waals surface area (Å²) >= 11 is 0. The van der Waals surface area contributed by atoms with Crippen LogP contribution in [0.4, 0.5) is 5.69 Å². The van der Waals surface area contributed by atoms with Crippen molar-refractivity contribution >= 4 is 27.8 Å². The summed E-state index contributed by atoms with van der Waals surface area (Å²) in [5.74, 6) is 1.01. The zero-order valence-electron chi connectivity index (χ0n) is 20.3. The zero-order valence-corrected chi connectivity index (χ0v) is 20.3. The van der Waals surface area contributed by atoms with E-state index in [9.17, 15) is 5.11 Å². The number of aliphatic hydroxyl groups excluding tert-OH is 1. The topological polar surface area (TPSA) is 141 Å². The van der Waals surface area contributed by atoms with Crippen LogP contribution in [0.5, 0.6) is 0 Å². The fourth-order valence-corrected chi connectivity index (χ4v) is 4.37. The van der Waals surface area contributed by atoms with Crippen molar-refractivity contribution in [3.8, 4) is 33.9 Å². The molecule has 6 heterocycles. The molecule has 0 radical (unpaired) electrons. The number of imidazole rings is 1. The number of aliphatic hydroxyl groups is 1. The van der Waals surface area contributed by atoms with Gasteiger partial charge < -0.3 is 15.4 Å². The molecule has 6 aromatic heterocycles.